The second-order valence-corrected chi connectivity index (χ2v) is 13.2. The molecule has 1 fully saturated rings. The minimum Gasteiger partial charge on any atom is -0.352 e. The average Bonchev–Trinajstić information content (AvgIpc) is 2.95. The van der Waals surface area contributed by atoms with Gasteiger partial charge in [-0.3, -0.25) is 13.9 Å². The minimum absolute atomic E-state index is 0.00225. The molecule has 0 unspecified atom stereocenters. The molecule has 3 aromatic carbocycles. The van der Waals surface area contributed by atoms with Gasteiger partial charge in [0.25, 0.3) is 10.0 Å². The normalized spacial score (nSPS) is 14.7. The first-order valence-corrected chi connectivity index (χ1v) is 15.9. The van der Waals surface area contributed by atoms with Crippen molar-refractivity contribution in [1.29, 1.82) is 0 Å². The highest BCUT2D eigenvalue weighted by Crippen LogP contribution is 2.28. The van der Waals surface area contributed by atoms with E-state index in [1.54, 1.807) is 56.3 Å². The summed E-state index contributed by atoms with van der Waals surface area (Å²) in [6.45, 7) is 3.04. The molecule has 0 radical (unpaired) electrons. The maximum atomic E-state index is 14.1. The molecule has 3 aromatic rings. The van der Waals surface area contributed by atoms with E-state index in [0.29, 0.717) is 21.3 Å². The molecule has 4 rings (SSSR count). The van der Waals surface area contributed by atoms with Crippen molar-refractivity contribution in [3.8, 4) is 0 Å². The van der Waals surface area contributed by atoms with Crippen LogP contribution < -0.4 is 9.62 Å². The molecule has 218 valence electrons. The minimum atomic E-state index is -4.16. The van der Waals surface area contributed by atoms with Crippen molar-refractivity contribution in [2.45, 2.75) is 69.5 Å². The van der Waals surface area contributed by atoms with Crippen molar-refractivity contribution in [2.24, 2.45) is 0 Å². The molecule has 1 atom stereocenters. The Labute approximate surface area is 252 Å². The monoisotopic (exact) mass is 615 g/mol. The number of anilines is 1. The molecule has 0 aliphatic heterocycles. The first kappa shape index (κ1) is 30.9. The maximum Gasteiger partial charge on any atom is 0.264 e. The van der Waals surface area contributed by atoms with Crippen LogP contribution in [0, 0.1) is 6.92 Å². The van der Waals surface area contributed by atoms with Crippen molar-refractivity contribution in [3.63, 3.8) is 0 Å². The van der Waals surface area contributed by atoms with E-state index in [4.69, 9.17) is 23.2 Å². The van der Waals surface area contributed by atoms with Crippen molar-refractivity contribution in [3.05, 3.63) is 94.0 Å². The van der Waals surface area contributed by atoms with E-state index in [0.717, 1.165) is 42.0 Å². The van der Waals surface area contributed by atoms with Gasteiger partial charge < -0.3 is 10.2 Å². The number of amides is 2. The fourth-order valence-electron chi connectivity index (χ4n) is 5.07. The summed E-state index contributed by atoms with van der Waals surface area (Å²) in [5, 5.41) is 4.00. The van der Waals surface area contributed by atoms with E-state index in [1.807, 2.05) is 6.07 Å². The fourth-order valence-corrected chi connectivity index (χ4v) is 6.89. The van der Waals surface area contributed by atoms with Gasteiger partial charge in [0, 0.05) is 22.6 Å². The SMILES string of the molecule is Cc1ccccc1N(CC(=O)N(Cc1cccc(Cl)c1)[C@H](C)C(=O)NC1CCCCC1)S(=O)(=O)c1ccc(Cl)cc1. The number of carbonyl (C=O) groups is 2. The summed E-state index contributed by atoms with van der Waals surface area (Å²) < 4.78 is 29.0. The van der Waals surface area contributed by atoms with Crippen LogP contribution in [0.4, 0.5) is 5.69 Å². The van der Waals surface area contributed by atoms with Crippen LogP contribution in [-0.4, -0.2) is 43.8 Å². The van der Waals surface area contributed by atoms with E-state index in [-0.39, 0.29) is 23.4 Å². The smallest absolute Gasteiger partial charge is 0.264 e. The highest BCUT2D eigenvalue weighted by atomic mass is 35.5. The maximum absolute atomic E-state index is 14.1. The second-order valence-electron chi connectivity index (χ2n) is 10.4. The lowest BCUT2D eigenvalue weighted by molar-refractivity contribution is -0.139. The third kappa shape index (κ3) is 7.82. The molecule has 2 amide bonds. The Morgan fingerprint density at radius 3 is 2.27 bits per heavy atom. The Balaban J connectivity index is 1.68. The number of sulfonamides is 1. The van der Waals surface area contributed by atoms with Gasteiger partial charge in [-0.05, 0) is 80.3 Å². The first-order chi connectivity index (χ1) is 19.6. The average molecular weight is 617 g/mol. The van der Waals surface area contributed by atoms with Gasteiger partial charge in [0.1, 0.15) is 12.6 Å². The lowest BCUT2D eigenvalue weighted by Crippen LogP contribution is -2.53. The Hall–Kier alpha value is -3.07. The molecule has 0 bridgehead atoms. The zero-order valence-electron chi connectivity index (χ0n) is 23.2. The molecule has 41 heavy (non-hydrogen) atoms. The van der Waals surface area contributed by atoms with Gasteiger partial charge in [-0.25, -0.2) is 8.42 Å². The number of hydrogen-bond donors (Lipinski definition) is 1. The van der Waals surface area contributed by atoms with Gasteiger partial charge in [-0.15, -0.1) is 0 Å². The first-order valence-electron chi connectivity index (χ1n) is 13.7. The van der Waals surface area contributed by atoms with Gasteiger partial charge >= 0.3 is 0 Å². The lowest BCUT2D eigenvalue weighted by atomic mass is 9.95. The van der Waals surface area contributed by atoms with E-state index in [2.05, 4.69) is 5.32 Å². The Bertz CT molecular complexity index is 1470. The molecule has 1 saturated carbocycles. The van der Waals surface area contributed by atoms with E-state index < -0.39 is 28.5 Å². The van der Waals surface area contributed by atoms with E-state index in [9.17, 15) is 18.0 Å². The molecule has 7 nitrogen and oxygen atoms in total. The predicted molar refractivity (Wildman–Crippen MR) is 164 cm³/mol. The zero-order valence-corrected chi connectivity index (χ0v) is 25.6. The summed E-state index contributed by atoms with van der Waals surface area (Å²) in [4.78, 5) is 28.9. The van der Waals surface area contributed by atoms with E-state index >= 15 is 0 Å². The number of benzene rings is 3. The van der Waals surface area contributed by atoms with Crippen LogP contribution in [-0.2, 0) is 26.2 Å². The molecular weight excluding hydrogens is 581 g/mol. The summed E-state index contributed by atoms with van der Waals surface area (Å²) in [6, 6.07) is 19.1. The van der Waals surface area contributed by atoms with Crippen LogP contribution in [0.25, 0.3) is 0 Å². The standard InChI is InChI=1S/C31H35Cl2N3O4S/c1-22-9-6-7-14-29(22)36(41(39,40)28-17-15-25(32)16-18-28)21-30(37)35(20-24-10-8-11-26(33)19-24)23(2)31(38)34-27-12-4-3-5-13-27/h6-11,14-19,23,27H,3-5,12-13,20-21H2,1-2H3,(H,34,38)/t23-/m1/s1. The number of carbonyl (C=O) groups excluding carboxylic acids is 2. The van der Waals surface area contributed by atoms with Crippen LogP contribution in [0.5, 0.6) is 0 Å². The number of rotatable bonds is 10. The molecule has 0 aromatic heterocycles. The van der Waals surface area contributed by atoms with Crippen LogP contribution in [0.15, 0.2) is 77.7 Å². The molecule has 0 saturated heterocycles. The highest BCUT2D eigenvalue weighted by Gasteiger charge is 2.33. The van der Waals surface area contributed by atoms with Crippen LogP contribution in [0.3, 0.4) is 0 Å². The molecule has 0 heterocycles. The third-order valence-electron chi connectivity index (χ3n) is 7.43. The highest BCUT2D eigenvalue weighted by molar-refractivity contribution is 7.92. The van der Waals surface area contributed by atoms with E-state index in [1.165, 1.54) is 29.2 Å². The zero-order chi connectivity index (χ0) is 29.6. The predicted octanol–water partition coefficient (Wildman–Crippen LogP) is 6.36. The Morgan fingerprint density at radius 2 is 1.61 bits per heavy atom. The molecule has 0 spiro atoms. The van der Waals surface area contributed by atoms with Crippen molar-refractivity contribution in [2.75, 3.05) is 10.8 Å². The fraction of sp³-hybridized carbons (Fsp3) is 0.355. The number of nitrogens with zero attached hydrogens (tertiary/aromatic N) is 2. The summed E-state index contributed by atoms with van der Waals surface area (Å²) in [7, 11) is -4.16. The van der Waals surface area contributed by atoms with Gasteiger partial charge in [0.05, 0.1) is 10.6 Å². The quantitative estimate of drug-likeness (QED) is 0.287. The van der Waals surface area contributed by atoms with Gasteiger partial charge in [0.15, 0.2) is 0 Å². The van der Waals surface area contributed by atoms with Gasteiger partial charge in [-0.1, -0.05) is 72.8 Å². The molecule has 1 N–H and O–H groups in total. The van der Waals surface area contributed by atoms with Crippen molar-refractivity contribution in [1.82, 2.24) is 10.2 Å². The van der Waals surface area contributed by atoms with Gasteiger partial charge in [-0.2, -0.15) is 0 Å². The number of aryl methyl sites for hydroxylation is 1. The molecule has 1 aliphatic carbocycles. The summed E-state index contributed by atoms with van der Waals surface area (Å²) in [5.74, 6) is -0.785. The number of hydrogen-bond acceptors (Lipinski definition) is 4. The summed E-state index contributed by atoms with van der Waals surface area (Å²) >= 11 is 12.2. The van der Waals surface area contributed by atoms with Crippen molar-refractivity contribution >= 4 is 50.7 Å². The molecule has 1 aliphatic rings. The largest absolute Gasteiger partial charge is 0.352 e. The van der Waals surface area contributed by atoms with Crippen molar-refractivity contribution < 1.29 is 18.0 Å². The summed E-state index contributed by atoms with van der Waals surface area (Å²) in [6.07, 6.45) is 5.07. The van der Waals surface area contributed by atoms with Gasteiger partial charge in [0.2, 0.25) is 11.8 Å². The number of nitrogens with one attached hydrogen (secondary N) is 1. The third-order valence-corrected chi connectivity index (χ3v) is 9.69. The second kappa shape index (κ2) is 13.7. The summed E-state index contributed by atoms with van der Waals surface area (Å²) in [5.41, 5.74) is 1.78. The lowest BCUT2D eigenvalue weighted by Gasteiger charge is -2.33. The van der Waals surface area contributed by atoms with Crippen LogP contribution in [0.2, 0.25) is 10.0 Å². The number of halogens is 2. The van der Waals surface area contributed by atoms with Crippen LogP contribution >= 0.6 is 23.2 Å². The number of para-hydroxylation sites is 1. The van der Waals surface area contributed by atoms with Crippen LogP contribution in [0.1, 0.15) is 50.2 Å². The molecule has 10 heteroatoms. The Morgan fingerprint density at radius 1 is 0.927 bits per heavy atom. The Kier molecular flexibility index (Phi) is 10.3. The topological polar surface area (TPSA) is 86.8 Å². The molecular formula is C31H35Cl2N3O4S.